The molecule has 0 unspecified atom stereocenters. The van der Waals surface area contributed by atoms with Crippen molar-refractivity contribution in [2.45, 2.75) is 52.0 Å². The summed E-state index contributed by atoms with van der Waals surface area (Å²) in [4.78, 5) is 8.56. The molecule has 0 aromatic carbocycles. The van der Waals surface area contributed by atoms with E-state index in [0.29, 0.717) is 0 Å². The fraction of sp³-hybridized carbons (Fsp3) is 0.688. The number of nitrogens with one attached hydrogen (secondary N) is 1. The van der Waals surface area contributed by atoms with Crippen LogP contribution in [-0.2, 0) is 0 Å². The second kappa shape index (κ2) is 6.27. The number of hydrogen-bond acceptors (Lipinski definition) is 4. The van der Waals surface area contributed by atoms with Crippen LogP contribution in [0.4, 0.5) is 5.13 Å². The van der Waals surface area contributed by atoms with Crippen molar-refractivity contribution in [1.29, 1.82) is 0 Å². The zero-order valence-electron chi connectivity index (χ0n) is 12.6. The lowest BCUT2D eigenvalue weighted by Crippen LogP contribution is -2.29. The minimum absolute atomic E-state index is 0.782. The lowest BCUT2D eigenvalue weighted by atomic mass is 10.1. The third-order valence-corrected chi connectivity index (χ3v) is 5.24. The van der Waals surface area contributed by atoms with Crippen LogP contribution in [0.5, 0.6) is 0 Å². The molecule has 0 bridgehead atoms. The normalized spacial score (nSPS) is 20.5. The first kappa shape index (κ1) is 14.1. The summed E-state index contributed by atoms with van der Waals surface area (Å²) >= 11 is 1.85. The molecule has 0 atom stereocenters. The number of rotatable bonds is 5. The van der Waals surface area contributed by atoms with Crippen LogP contribution < -0.4 is 10.2 Å². The summed E-state index contributed by atoms with van der Waals surface area (Å²) in [6.07, 6.45) is 9.02. The van der Waals surface area contributed by atoms with E-state index in [-0.39, 0.29) is 0 Å². The maximum atomic E-state index is 4.77. The van der Waals surface area contributed by atoms with Gasteiger partial charge >= 0.3 is 0 Å². The molecule has 1 aromatic rings. The fourth-order valence-electron chi connectivity index (χ4n) is 2.62. The van der Waals surface area contributed by atoms with Gasteiger partial charge in [0.2, 0.25) is 0 Å². The highest BCUT2D eigenvalue weighted by atomic mass is 32.1. The Morgan fingerprint density at radius 1 is 1.35 bits per heavy atom. The van der Waals surface area contributed by atoms with Gasteiger partial charge in [-0.05, 0) is 52.0 Å². The van der Waals surface area contributed by atoms with Gasteiger partial charge < -0.3 is 10.2 Å². The van der Waals surface area contributed by atoms with Crippen molar-refractivity contribution in [3.8, 4) is 0 Å². The van der Waals surface area contributed by atoms with E-state index < -0.39 is 0 Å². The molecule has 3 rings (SSSR count). The van der Waals surface area contributed by atoms with Crippen molar-refractivity contribution >= 4 is 22.5 Å². The molecule has 110 valence electrons. The Balaban J connectivity index is 1.65. The average Bonchev–Trinajstić information content (AvgIpc) is 3.22. The summed E-state index contributed by atoms with van der Waals surface area (Å²) in [5.41, 5.74) is 2.59. The van der Waals surface area contributed by atoms with Gasteiger partial charge in [0.15, 0.2) is 5.13 Å². The molecular weight excluding hydrogens is 266 g/mol. The molecule has 2 heterocycles. The molecule has 0 radical (unpaired) electrons. The number of aromatic nitrogens is 1. The molecule has 2 aliphatic rings. The molecule has 1 N–H and O–H groups in total. The smallest absolute Gasteiger partial charge is 0.186 e. The number of hydrogen-bond donors (Lipinski definition) is 1. The number of piperidine rings is 1. The summed E-state index contributed by atoms with van der Waals surface area (Å²) in [5, 5.41) is 4.79. The molecule has 0 amide bonds. The van der Waals surface area contributed by atoms with E-state index in [1.54, 1.807) is 0 Å². The third-order valence-electron chi connectivity index (χ3n) is 4.07. The first-order chi connectivity index (χ1) is 9.72. The van der Waals surface area contributed by atoms with Crippen LogP contribution >= 0.6 is 11.3 Å². The Labute approximate surface area is 126 Å². The van der Waals surface area contributed by atoms with Gasteiger partial charge in [-0.25, -0.2) is 4.98 Å². The SMILES string of the molecule is CC(=Cc1sc(N2CCCCC2)nc1C)CNC1CC1. The predicted molar refractivity (Wildman–Crippen MR) is 87.6 cm³/mol. The average molecular weight is 291 g/mol. The van der Waals surface area contributed by atoms with Crippen LogP contribution in [0.15, 0.2) is 5.57 Å². The number of anilines is 1. The zero-order valence-corrected chi connectivity index (χ0v) is 13.4. The number of thiazole rings is 1. The Hall–Kier alpha value is -0.870. The monoisotopic (exact) mass is 291 g/mol. The molecule has 4 heteroatoms. The second-order valence-electron chi connectivity index (χ2n) is 6.14. The van der Waals surface area contributed by atoms with E-state index in [0.717, 1.165) is 12.6 Å². The van der Waals surface area contributed by atoms with E-state index in [9.17, 15) is 0 Å². The summed E-state index contributed by atoms with van der Waals surface area (Å²) < 4.78 is 0. The van der Waals surface area contributed by atoms with E-state index in [1.165, 1.54) is 66.5 Å². The first-order valence-corrected chi connectivity index (χ1v) is 8.67. The highest BCUT2D eigenvalue weighted by Gasteiger charge is 2.20. The zero-order chi connectivity index (χ0) is 13.9. The van der Waals surface area contributed by atoms with Crippen LogP contribution in [0.25, 0.3) is 6.08 Å². The summed E-state index contributed by atoms with van der Waals surface area (Å²) in [5.74, 6) is 0. The Bertz CT molecular complexity index is 482. The van der Waals surface area contributed by atoms with Gasteiger partial charge in [0.1, 0.15) is 0 Å². The Morgan fingerprint density at radius 2 is 2.10 bits per heavy atom. The lowest BCUT2D eigenvalue weighted by molar-refractivity contribution is 0.576. The largest absolute Gasteiger partial charge is 0.348 e. The van der Waals surface area contributed by atoms with Crippen molar-refractivity contribution in [2.75, 3.05) is 24.5 Å². The van der Waals surface area contributed by atoms with Gasteiger partial charge in [-0.15, -0.1) is 0 Å². The molecule has 0 spiro atoms. The van der Waals surface area contributed by atoms with E-state index in [4.69, 9.17) is 4.98 Å². The van der Waals surface area contributed by atoms with E-state index >= 15 is 0 Å². The summed E-state index contributed by atoms with van der Waals surface area (Å²) in [7, 11) is 0. The Kier molecular flexibility index (Phi) is 4.41. The maximum Gasteiger partial charge on any atom is 0.186 e. The van der Waals surface area contributed by atoms with Crippen molar-refractivity contribution in [3.63, 3.8) is 0 Å². The third kappa shape index (κ3) is 3.61. The van der Waals surface area contributed by atoms with Gasteiger partial charge in [0, 0.05) is 25.7 Å². The molecule has 1 aromatic heterocycles. The van der Waals surface area contributed by atoms with Crippen molar-refractivity contribution in [3.05, 3.63) is 16.1 Å². The maximum absolute atomic E-state index is 4.77. The summed E-state index contributed by atoms with van der Waals surface area (Å²) in [6.45, 7) is 7.73. The highest BCUT2D eigenvalue weighted by molar-refractivity contribution is 7.16. The molecule has 1 aliphatic carbocycles. The first-order valence-electron chi connectivity index (χ1n) is 7.85. The Morgan fingerprint density at radius 3 is 2.80 bits per heavy atom. The fourth-order valence-corrected chi connectivity index (χ4v) is 3.76. The van der Waals surface area contributed by atoms with Crippen molar-refractivity contribution < 1.29 is 0 Å². The van der Waals surface area contributed by atoms with E-state index in [1.807, 2.05) is 11.3 Å². The highest BCUT2D eigenvalue weighted by Crippen LogP contribution is 2.29. The molecule has 1 saturated carbocycles. The lowest BCUT2D eigenvalue weighted by Gasteiger charge is -2.25. The van der Waals surface area contributed by atoms with Crippen LogP contribution in [-0.4, -0.2) is 30.7 Å². The van der Waals surface area contributed by atoms with Crippen LogP contribution in [0, 0.1) is 6.92 Å². The number of nitrogens with zero attached hydrogens (tertiary/aromatic N) is 2. The van der Waals surface area contributed by atoms with Gasteiger partial charge in [-0.2, -0.15) is 0 Å². The van der Waals surface area contributed by atoms with Crippen molar-refractivity contribution in [2.24, 2.45) is 0 Å². The molecule has 1 aliphatic heterocycles. The van der Waals surface area contributed by atoms with E-state index in [2.05, 4.69) is 30.1 Å². The molecular formula is C16H25N3S. The summed E-state index contributed by atoms with van der Waals surface area (Å²) in [6, 6.07) is 0.782. The topological polar surface area (TPSA) is 28.2 Å². The van der Waals surface area contributed by atoms with Crippen LogP contribution in [0.1, 0.15) is 49.6 Å². The van der Waals surface area contributed by atoms with Gasteiger partial charge in [-0.3, -0.25) is 0 Å². The molecule has 2 fully saturated rings. The standard InChI is InChI=1S/C16H25N3S/c1-12(11-17-14-6-7-14)10-15-13(2)18-16(20-15)19-8-4-3-5-9-19/h10,14,17H,3-9,11H2,1-2H3. The minimum atomic E-state index is 0.782. The van der Waals surface area contributed by atoms with Crippen LogP contribution in [0.2, 0.25) is 0 Å². The number of aryl methyl sites for hydroxylation is 1. The van der Waals surface area contributed by atoms with Gasteiger partial charge in [0.05, 0.1) is 10.6 Å². The van der Waals surface area contributed by atoms with Crippen molar-refractivity contribution in [1.82, 2.24) is 10.3 Å². The molecule has 1 saturated heterocycles. The van der Waals surface area contributed by atoms with Gasteiger partial charge in [-0.1, -0.05) is 16.9 Å². The predicted octanol–water partition coefficient (Wildman–Crippen LogP) is 3.60. The second-order valence-corrected chi connectivity index (χ2v) is 7.15. The van der Waals surface area contributed by atoms with Crippen LogP contribution in [0.3, 0.4) is 0 Å². The van der Waals surface area contributed by atoms with Gasteiger partial charge in [0.25, 0.3) is 0 Å². The molecule has 3 nitrogen and oxygen atoms in total. The quantitative estimate of drug-likeness (QED) is 0.898. The minimum Gasteiger partial charge on any atom is -0.348 e. The molecule has 20 heavy (non-hydrogen) atoms.